The largest absolute Gasteiger partial charge is 0.444 e. The first-order valence-corrected chi connectivity index (χ1v) is 12.9. The third-order valence-corrected chi connectivity index (χ3v) is 6.68. The SMILES string of the molecule is Cc1nc(CCCCNC(=O)OC(C)(C)C)ccc1C(=O)NCCN1CCS(=O)(=O)CC1. The first kappa shape index (κ1) is 26.1. The quantitative estimate of drug-likeness (QED) is 0.530. The van der Waals surface area contributed by atoms with Crippen LogP contribution in [0.3, 0.4) is 0 Å². The van der Waals surface area contributed by atoms with Crippen LogP contribution in [0.25, 0.3) is 0 Å². The maximum absolute atomic E-state index is 12.5. The molecule has 2 rings (SSSR count). The maximum atomic E-state index is 12.5. The predicted octanol–water partition coefficient (Wildman–Crippen LogP) is 1.70. The van der Waals surface area contributed by atoms with Crippen molar-refractivity contribution < 1.29 is 22.7 Å². The number of carbonyl (C=O) groups excluding carboxylic acids is 2. The van der Waals surface area contributed by atoms with E-state index < -0.39 is 21.5 Å². The van der Waals surface area contributed by atoms with Gasteiger partial charge in [0.15, 0.2) is 9.84 Å². The van der Waals surface area contributed by atoms with E-state index in [0.717, 1.165) is 25.0 Å². The van der Waals surface area contributed by atoms with Crippen LogP contribution in [0.2, 0.25) is 0 Å². The average Bonchev–Trinajstić information content (AvgIpc) is 2.67. The van der Waals surface area contributed by atoms with E-state index in [1.54, 1.807) is 6.07 Å². The van der Waals surface area contributed by atoms with Crippen molar-refractivity contribution in [2.75, 3.05) is 44.2 Å². The lowest BCUT2D eigenvalue weighted by atomic mass is 10.1. The van der Waals surface area contributed by atoms with E-state index in [-0.39, 0.29) is 17.4 Å². The van der Waals surface area contributed by atoms with Crippen molar-refractivity contribution in [1.82, 2.24) is 20.5 Å². The van der Waals surface area contributed by atoms with Gasteiger partial charge in [0.2, 0.25) is 0 Å². The number of unbranched alkanes of at least 4 members (excludes halogenated alkanes) is 1. The normalized spacial score (nSPS) is 16.4. The first-order valence-electron chi connectivity index (χ1n) is 11.1. The number of aromatic nitrogens is 1. The molecule has 10 heteroatoms. The molecule has 0 aromatic carbocycles. The fourth-order valence-corrected chi connectivity index (χ4v) is 4.60. The van der Waals surface area contributed by atoms with Crippen LogP contribution in [-0.2, 0) is 21.0 Å². The Morgan fingerprint density at radius 2 is 1.78 bits per heavy atom. The number of hydrogen-bond acceptors (Lipinski definition) is 7. The molecule has 1 aliphatic heterocycles. The predicted molar refractivity (Wildman–Crippen MR) is 124 cm³/mol. The Balaban J connectivity index is 1.68. The lowest BCUT2D eigenvalue weighted by molar-refractivity contribution is 0.0527. The highest BCUT2D eigenvalue weighted by Crippen LogP contribution is 2.10. The Kier molecular flexibility index (Phi) is 9.45. The molecule has 2 amide bonds. The first-order chi connectivity index (χ1) is 15.0. The number of nitrogens with zero attached hydrogens (tertiary/aromatic N) is 2. The van der Waals surface area contributed by atoms with Gasteiger partial charge >= 0.3 is 6.09 Å². The van der Waals surface area contributed by atoms with Crippen molar-refractivity contribution in [3.63, 3.8) is 0 Å². The molecule has 1 aliphatic rings. The highest BCUT2D eigenvalue weighted by atomic mass is 32.2. The summed E-state index contributed by atoms with van der Waals surface area (Å²) in [4.78, 5) is 30.7. The standard InChI is InChI=1S/C22H36N4O5S/c1-17-19(20(27)23-11-12-26-13-15-32(29,30)16-14-26)9-8-18(25-17)7-5-6-10-24-21(28)31-22(2,3)4/h8-9H,5-7,10-16H2,1-4H3,(H,23,27)(H,24,28). The lowest BCUT2D eigenvalue weighted by Crippen LogP contribution is -2.43. The number of aryl methyl sites for hydroxylation is 2. The average molecular weight is 469 g/mol. The second kappa shape index (κ2) is 11.6. The minimum absolute atomic E-state index is 0.173. The Morgan fingerprint density at radius 3 is 2.41 bits per heavy atom. The molecule has 0 spiro atoms. The molecule has 9 nitrogen and oxygen atoms in total. The minimum atomic E-state index is -2.89. The number of carbonyl (C=O) groups is 2. The molecule has 0 atom stereocenters. The number of sulfone groups is 1. The van der Waals surface area contributed by atoms with Crippen molar-refractivity contribution in [2.24, 2.45) is 0 Å². The minimum Gasteiger partial charge on any atom is -0.444 e. The topological polar surface area (TPSA) is 118 Å². The third-order valence-electron chi connectivity index (χ3n) is 5.07. The van der Waals surface area contributed by atoms with Crippen molar-refractivity contribution in [3.8, 4) is 0 Å². The summed E-state index contributed by atoms with van der Waals surface area (Å²) in [6, 6.07) is 3.65. The zero-order chi connectivity index (χ0) is 23.8. The van der Waals surface area contributed by atoms with E-state index in [1.165, 1.54) is 0 Å². The number of nitrogens with one attached hydrogen (secondary N) is 2. The van der Waals surface area contributed by atoms with Gasteiger partial charge in [0.05, 0.1) is 22.8 Å². The summed E-state index contributed by atoms with van der Waals surface area (Å²) < 4.78 is 28.1. The van der Waals surface area contributed by atoms with E-state index in [9.17, 15) is 18.0 Å². The summed E-state index contributed by atoms with van der Waals surface area (Å²) in [5.41, 5.74) is 1.62. The van der Waals surface area contributed by atoms with Gasteiger partial charge in [-0.15, -0.1) is 0 Å². The Hall–Kier alpha value is -2.20. The van der Waals surface area contributed by atoms with Crippen molar-refractivity contribution in [3.05, 3.63) is 29.1 Å². The molecular weight excluding hydrogens is 432 g/mol. The van der Waals surface area contributed by atoms with Gasteiger partial charge in [-0.05, 0) is 59.1 Å². The van der Waals surface area contributed by atoms with Gasteiger partial charge in [-0.2, -0.15) is 0 Å². The zero-order valence-corrected chi connectivity index (χ0v) is 20.4. The number of alkyl carbamates (subject to hydrolysis) is 1. The molecule has 0 aliphatic carbocycles. The second-order valence-electron chi connectivity index (χ2n) is 9.07. The van der Waals surface area contributed by atoms with Crippen molar-refractivity contribution in [2.45, 2.75) is 52.6 Å². The number of rotatable bonds is 9. The summed E-state index contributed by atoms with van der Waals surface area (Å²) in [5.74, 6) is 0.193. The van der Waals surface area contributed by atoms with E-state index >= 15 is 0 Å². The molecule has 0 radical (unpaired) electrons. The van der Waals surface area contributed by atoms with Crippen LogP contribution >= 0.6 is 0 Å². The fourth-order valence-electron chi connectivity index (χ4n) is 3.32. The number of hydrogen-bond donors (Lipinski definition) is 2. The summed E-state index contributed by atoms with van der Waals surface area (Å²) in [7, 11) is -2.89. The summed E-state index contributed by atoms with van der Waals surface area (Å²) in [6.45, 7) is 9.96. The van der Waals surface area contributed by atoms with Gasteiger partial charge in [0.1, 0.15) is 5.60 Å². The van der Waals surface area contributed by atoms with Gasteiger partial charge in [-0.1, -0.05) is 0 Å². The molecule has 2 N–H and O–H groups in total. The van der Waals surface area contributed by atoms with E-state index in [0.29, 0.717) is 44.0 Å². The van der Waals surface area contributed by atoms with Crippen LogP contribution in [0.5, 0.6) is 0 Å². The van der Waals surface area contributed by atoms with Crippen LogP contribution in [0.15, 0.2) is 12.1 Å². The molecule has 0 saturated carbocycles. The molecule has 1 aromatic rings. The van der Waals surface area contributed by atoms with Crippen molar-refractivity contribution >= 4 is 21.8 Å². The van der Waals surface area contributed by atoms with Gasteiger partial charge in [-0.3, -0.25) is 14.7 Å². The van der Waals surface area contributed by atoms with Gasteiger partial charge in [0, 0.05) is 38.4 Å². The van der Waals surface area contributed by atoms with Crippen LogP contribution in [0, 0.1) is 6.92 Å². The fraction of sp³-hybridized carbons (Fsp3) is 0.682. The van der Waals surface area contributed by atoms with Crippen LogP contribution in [0.1, 0.15) is 55.4 Å². The summed E-state index contributed by atoms with van der Waals surface area (Å²) in [5, 5.41) is 5.63. The maximum Gasteiger partial charge on any atom is 0.407 e. The van der Waals surface area contributed by atoms with Crippen LogP contribution < -0.4 is 10.6 Å². The number of amides is 2. The highest BCUT2D eigenvalue weighted by Gasteiger charge is 2.21. The van der Waals surface area contributed by atoms with Gasteiger partial charge < -0.3 is 15.4 Å². The third kappa shape index (κ3) is 9.52. The van der Waals surface area contributed by atoms with Gasteiger partial charge in [-0.25, -0.2) is 13.2 Å². The second-order valence-corrected chi connectivity index (χ2v) is 11.4. The molecule has 180 valence electrons. The number of pyridine rings is 1. The van der Waals surface area contributed by atoms with E-state index in [1.807, 2.05) is 38.7 Å². The van der Waals surface area contributed by atoms with E-state index in [4.69, 9.17) is 4.74 Å². The molecule has 0 bridgehead atoms. The lowest BCUT2D eigenvalue weighted by Gasteiger charge is -2.26. The molecule has 32 heavy (non-hydrogen) atoms. The summed E-state index contributed by atoms with van der Waals surface area (Å²) in [6.07, 6.45) is 2.02. The molecule has 2 heterocycles. The smallest absolute Gasteiger partial charge is 0.407 e. The Labute approximate surface area is 191 Å². The highest BCUT2D eigenvalue weighted by molar-refractivity contribution is 7.91. The monoisotopic (exact) mass is 468 g/mol. The van der Waals surface area contributed by atoms with Gasteiger partial charge in [0.25, 0.3) is 5.91 Å². The Bertz CT molecular complexity index is 882. The van der Waals surface area contributed by atoms with Crippen LogP contribution in [-0.4, -0.2) is 80.1 Å². The summed E-state index contributed by atoms with van der Waals surface area (Å²) >= 11 is 0. The molecule has 1 aromatic heterocycles. The number of ether oxygens (including phenoxy) is 1. The zero-order valence-electron chi connectivity index (χ0n) is 19.6. The molecule has 0 unspecified atom stereocenters. The molecular formula is C22H36N4O5S. The molecule has 1 fully saturated rings. The Morgan fingerprint density at radius 1 is 1.09 bits per heavy atom. The molecule has 1 saturated heterocycles. The van der Waals surface area contributed by atoms with E-state index in [2.05, 4.69) is 15.6 Å². The van der Waals surface area contributed by atoms with Crippen LogP contribution in [0.4, 0.5) is 4.79 Å². The van der Waals surface area contributed by atoms with Crippen molar-refractivity contribution in [1.29, 1.82) is 0 Å².